The largest absolute Gasteiger partial charge is 0.423 e. The minimum atomic E-state index is -1.03. The molecule has 2 amide bonds. The van der Waals surface area contributed by atoms with E-state index in [1.807, 2.05) is 109 Å². The van der Waals surface area contributed by atoms with Crippen LogP contribution in [0.2, 0.25) is 0 Å². The van der Waals surface area contributed by atoms with Crippen LogP contribution in [0.25, 0.3) is 0 Å². The molecule has 8 N–H and O–H groups in total. The zero-order chi connectivity index (χ0) is 95.2. The summed E-state index contributed by atoms with van der Waals surface area (Å²) in [6, 6.07) is 21.3. The lowest BCUT2D eigenvalue weighted by molar-refractivity contribution is -0.0234. The molecule has 7 rings (SSSR count). The van der Waals surface area contributed by atoms with Gasteiger partial charge >= 0.3 is 23.0 Å². The lowest BCUT2D eigenvalue weighted by atomic mass is 8.32. The summed E-state index contributed by atoms with van der Waals surface area (Å²) in [4.78, 5) is 127. The number of carbonyl (C=O) groups excluding carboxylic acids is 3. The van der Waals surface area contributed by atoms with Crippen molar-refractivity contribution in [1.29, 1.82) is 0 Å². The van der Waals surface area contributed by atoms with Crippen LogP contribution >= 0.6 is 67.8 Å². The van der Waals surface area contributed by atoms with E-state index in [4.69, 9.17) is 151 Å². The Morgan fingerprint density at radius 3 is 1.05 bits per heavy atom. The van der Waals surface area contributed by atoms with Gasteiger partial charge in [0.2, 0.25) is 0 Å². The van der Waals surface area contributed by atoms with Gasteiger partial charge in [-0.1, -0.05) is 25.6 Å². The van der Waals surface area contributed by atoms with Crippen molar-refractivity contribution in [3.8, 4) is 5.75 Å². The smallest absolute Gasteiger partial charge is 0.352 e. The highest BCUT2D eigenvalue weighted by Crippen LogP contribution is 2.27. The summed E-state index contributed by atoms with van der Waals surface area (Å²) in [5.74, 6) is 0.0450. The molecule has 0 bridgehead atoms. The highest BCUT2D eigenvalue weighted by molar-refractivity contribution is 14.1. The molecule has 3 aromatic heterocycles. The van der Waals surface area contributed by atoms with Gasteiger partial charge in [-0.25, -0.2) is 49.2 Å². The molecule has 3 heterocycles. The Morgan fingerprint density at radius 1 is 0.444 bits per heavy atom. The van der Waals surface area contributed by atoms with Gasteiger partial charge in [-0.3, -0.25) is 61.1 Å². The molecule has 7 aromatic rings. The molecule has 126 heavy (non-hydrogen) atoms. The molecule has 0 unspecified atom stereocenters. The van der Waals surface area contributed by atoms with E-state index in [-0.39, 0.29) is 90.7 Å². The molecule has 0 fully saturated rings. The number of nitrogens with zero attached hydrogens (tertiary/aromatic N) is 6. The number of aliphatic hydroxyl groups is 1. The second kappa shape index (κ2) is 55.6. The number of aliphatic hydroxyl groups excluding tert-OH is 1. The van der Waals surface area contributed by atoms with Gasteiger partial charge in [0.15, 0.2) is 5.56 Å². The van der Waals surface area contributed by atoms with Gasteiger partial charge in [-0.15, -0.1) is 0 Å². The maximum atomic E-state index is 14.3. The van der Waals surface area contributed by atoms with Crippen LogP contribution in [-0.4, -0.2) is 307 Å². The molecular weight excluding hydrogens is 1930 g/mol. The first-order chi connectivity index (χ1) is 58.2. The van der Waals surface area contributed by atoms with E-state index in [1.165, 1.54) is 85.7 Å². The lowest BCUT2D eigenvalue weighted by Gasteiger charge is -2.49. The number of halogens is 6. The van der Waals surface area contributed by atoms with Gasteiger partial charge in [-0.05, 0) is 195 Å². The number of nitrogens with two attached hydrogens (primary N) is 1. The summed E-state index contributed by atoms with van der Waals surface area (Å²) in [6.45, 7) is 13.6. The van der Waals surface area contributed by atoms with Gasteiger partial charge in [0, 0.05) is 279 Å². The molecule has 0 saturated heterocycles. The molecule has 31 radical (unpaired) electrons. The first kappa shape index (κ1) is 116. The van der Waals surface area contributed by atoms with E-state index in [0.29, 0.717) is 37.0 Å². The van der Waals surface area contributed by atoms with E-state index in [1.54, 1.807) is 48.5 Å². The summed E-state index contributed by atoms with van der Waals surface area (Å²) in [7, 11) is 99.0. The predicted molar refractivity (Wildman–Crippen MR) is 552 cm³/mol. The molecule has 617 valence electrons. The van der Waals surface area contributed by atoms with Crippen molar-refractivity contribution in [2.75, 3.05) is 55.6 Å². The monoisotopic (exact) mass is 2020 g/mol. The van der Waals surface area contributed by atoms with E-state index in [9.17, 15) is 56.3 Å². The summed E-state index contributed by atoms with van der Waals surface area (Å²) in [5.41, 5.74) is -1.82. The molecule has 0 spiro atoms. The van der Waals surface area contributed by atoms with Crippen molar-refractivity contribution in [1.82, 2.24) is 38.4 Å². The average Bonchev–Trinajstić information content (AvgIpc) is 0.774. The van der Waals surface area contributed by atoms with Gasteiger partial charge in [0.25, 0.3) is 28.5 Å². The Balaban J connectivity index is 0.000000547. The Bertz CT molecular complexity index is 5060. The molecule has 0 aliphatic heterocycles. The number of hydrogen-bond acceptors (Lipinski definition) is 20. The fraction of sp³-hybridized carbons (Fsp3) is 0.381. The van der Waals surface area contributed by atoms with E-state index in [2.05, 4.69) is 31.7 Å². The number of hydroxylamine groups is 2. The minimum absolute atomic E-state index is 0. The van der Waals surface area contributed by atoms with Crippen LogP contribution in [0.15, 0.2) is 114 Å². The summed E-state index contributed by atoms with van der Waals surface area (Å²) in [6.07, 6.45) is -10.2. The predicted octanol–water partition coefficient (Wildman–Crippen LogP) is -3.48. The van der Waals surface area contributed by atoms with E-state index in [0.717, 1.165) is 33.8 Å². The number of benzene rings is 4. The summed E-state index contributed by atoms with van der Waals surface area (Å²) in [5, 5.41) is 16.7. The third kappa shape index (κ3) is 35.5. The molecule has 28 nitrogen and oxygen atoms in total. The number of anilines is 6. The summed E-state index contributed by atoms with van der Waals surface area (Å²) >= 11 is 5.85. The zero-order valence-corrected chi connectivity index (χ0v) is 77.8. The molecule has 0 saturated carbocycles. The minimum Gasteiger partial charge on any atom is -0.423 e. The van der Waals surface area contributed by atoms with Gasteiger partial charge < -0.3 is 40.1 Å². The van der Waals surface area contributed by atoms with Crippen molar-refractivity contribution in [3.63, 3.8) is 0 Å². The molecule has 63 heteroatoms. The van der Waals surface area contributed by atoms with Gasteiger partial charge in [0.05, 0.1) is 48.1 Å². The van der Waals surface area contributed by atoms with Crippen molar-refractivity contribution in [2.45, 2.75) is 79.4 Å². The molecule has 0 aliphatic carbocycles. The average molecular weight is 2010 g/mol. The Labute approximate surface area is 800 Å². The highest BCUT2D eigenvalue weighted by Gasteiger charge is 2.52. The van der Waals surface area contributed by atoms with Crippen molar-refractivity contribution in [3.05, 3.63) is 192 Å². The lowest BCUT2D eigenvalue weighted by Crippen LogP contribution is -2.87. The number of esters is 1. The van der Waals surface area contributed by atoms with Crippen molar-refractivity contribution < 1.29 is 61.4 Å². The van der Waals surface area contributed by atoms with Crippen LogP contribution in [0, 0.1) is 28.2 Å². The van der Waals surface area contributed by atoms with Crippen molar-refractivity contribution in [2.24, 2.45) is 48.2 Å². The summed E-state index contributed by atoms with van der Waals surface area (Å²) < 4.78 is 66.5. The Hall–Kier alpha value is -5.69. The number of rotatable bonds is 36. The van der Waals surface area contributed by atoms with Crippen LogP contribution < -0.4 is 71.3 Å². The topological polar surface area (TPSA) is 345 Å². The Morgan fingerprint density at radius 2 is 0.754 bits per heavy atom. The number of carbonyl (C=O) groups is 3. The Kier molecular flexibility index (Phi) is 51.4. The number of nitrogens with one attached hydrogen (secondary N) is 5. The molecule has 0 aliphatic rings. The fourth-order valence-electron chi connectivity index (χ4n) is 12.2. The number of hydrogen-bond donors (Lipinski definition) is 7. The van der Waals surface area contributed by atoms with Crippen LogP contribution in [0.4, 0.5) is 47.7 Å². The van der Waals surface area contributed by atoms with Crippen LogP contribution in [0.3, 0.4) is 0 Å². The maximum absolute atomic E-state index is 14.3. The maximum Gasteiger partial charge on any atom is 0.352 e. The highest BCUT2D eigenvalue weighted by atomic mass is 127. The number of aromatic nitrogens is 6. The first-order valence-electron chi connectivity index (χ1n) is 38.3. The van der Waals surface area contributed by atoms with E-state index >= 15 is 0 Å². The third-order valence-corrected chi connectivity index (χ3v) is 20.3. The molecule has 0 atom stereocenters. The molecule has 4 aromatic carbocycles. The quantitative estimate of drug-likeness (QED) is 0.00501. The number of ether oxygens (including phenoxy) is 3. The van der Waals surface area contributed by atoms with Crippen molar-refractivity contribution >= 4 is 326 Å². The number of amides is 2. The second-order valence-corrected chi connectivity index (χ2v) is 33.8. The van der Waals surface area contributed by atoms with Crippen LogP contribution in [0.1, 0.15) is 99.3 Å². The van der Waals surface area contributed by atoms with Crippen LogP contribution in [-0.2, 0) is 66.3 Å². The first-order valence-corrected chi connectivity index (χ1v) is 41.5. The number of para-hydroxylation sites is 1. The van der Waals surface area contributed by atoms with Gasteiger partial charge in [-0.2, -0.15) is 0 Å². The second-order valence-electron chi connectivity index (χ2n) is 30.1. The SMILES string of the molecule is C.CC(C)(C)OCCCON.Cn1c(Nc2ccc(I)cc2F)c(C(=O)NOCCCO)c(=O)n(C)c1=O.Cn1c(Nc2ccc(I)cc2F)c(C(=O)NOCCCOC(C)(C)C)c(=O)n(C)c1=O.Cn1c(Nc2ccc(I)cc2F)c(C(=O)Oc2ccccc2)c(=O)n(C)c1=O.[B][B]B(B([B])[B])B(B(B([B])[B])B([B])[B])B(B(B([B])[B])B([B])[B])B(B([B])[B])B([B])[B]. The van der Waals surface area contributed by atoms with Gasteiger partial charge in [0.1, 0.15) is 51.8 Å². The normalized spacial score (nSPS) is 10.6. The third-order valence-electron chi connectivity index (χ3n) is 18.3. The van der Waals surface area contributed by atoms with Crippen LogP contribution in [0.5, 0.6) is 5.75 Å². The standard InChI is InChI=1S/C20H26FIN4O5.C19H15FIN3O4.C16H18FIN4O5.C7H17NO2.CH4.B29/c1-20(2,3)30-9-6-10-31-24-17(27)15-16(25(4)19(29)26(5)18(15)28)23-14-8-7-12(22)11-13(14)21;1-23-16(22-14-9-8-11(21)10-13(14)20)15(17(25)24(2)19(23)27)18(26)28-12-6-4-3-5-7-12;1-21-13(19-11-5-4-9(18)8-10(11)17)12(15(25)22(2)16(21)26)14(24)20-27-7-3-6-23;1-7(2,3)9-5-4-6-10-8;;1-16-24(17(2)3)28(25(18(4)5)19(6)7)29(26(20(8)9)21(10)11)27(22(12)13)23(14)15/h7-8,11,23H,6,9-10H2,1-5H3,(H,24,27);3-10,22H,1-2H3;4-5,8,19,23H,3,6-7H2,1-2H3,(H,20,24);4-6,8H2,1-3H3;1H4;. The van der Waals surface area contributed by atoms with E-state index < -0.39 is 163 Å². The fourth-order valence-corrected chi connectivity index (χ4v) is 13.6. The molecular formula is C63H80B29F3I3N12O16. The zero-order valence-electron chi connectivity index (χ0n) is 71.3.